The lowest BCUT2D eigenvalue weighted by Gasteiger charge is -2.30. The molecule has 1 fully saturated rings. The van der Waals surface area contributed by atoms with Gasteiger partial charge in [0, 0.05) is 6.04 Å². The van der Waals surface area contributed by atoms with Crippen molar-refractivity contribution in [3.63, 3.8) is 0 Å². The lowest BCUT2D eigenvalue weighted by atomic mass is 10.0. The Kier molecular flexibility index (Phi) is 7.69. The first-order valence-electron chi connectivity index (χ1n) is 7.67. The summed E-state index contributed by atoms with van der Waals surface area (Å²) in [7, 11) is -2.87. The Balaban J connectivity index is 2.48. The molecule has 1 N–H and O–H groups in total. The third-order valence-electron chi connectivity index (χ3n) is 3.97. The first-order chi connectivity index (χ1) is 9.11. The van der Waals surface area contributed by atoms with Crippen molar-refractivity contribution in [1.82, 2.24) is 5.32 Å². The summed E-state index contributed by atoms with van der Waals surface area (Å²) in [5.41, 5.74) is 0. The van der Waals surface area contributed by atoms with E-state index in [0.29, 0.717) is 5.75 Å². The van der Waals surface area contributed by atoms with E-state index in [1.807, 2.05) is 6.08 Å². The predicted molar refractivity (Wildman–Crippen MR) is 82.2 cm³/mol. The van der Waals surface area contributed by atoms with Gasteiger partial charge in [0.05, 0.1) is 11.0 Å². The topological polar surface area (TPSA) is 46.2 Å². The number of hydrogen-bond donors (Lipinski definition) is 1. The third-order valence-corrected chi connectivity index (χ3v) is 6.31. The van der Waals surface area contributed by atoms with E-state index in [1.165, 1.54) is 12.8 Å². The largest absolute Gasteiger partial charge is 0.313 e. The van der Waals surface area contributed by atoms with E-state index >= 15 is 0 Å². The maximum atomic E-state index is 12.2. The van der Waals surface area contributed by atoms with Gasteiger partial charge in [-0.1, -0.05) is 32.3 Å². The number of unbranched alkanes of at least 4 members (excludes halogenated alkanes) is 3. The maximum absolute atomic E-state index is 12.2. The van der Waals surface area contributed by atoms with E-state index in [1.54, 1.807) is 0 Å². The third kappa shape index (κ3) is 5.65. The number of rotatable bonds is 9. The Bertz CT molecular complexity index is 351. The highest BCUT2D eigenvalue weighted by molar-refractivity contribution is 7.92. The second-order valence-electron chi connectivity index (χ2n) is 5.49. The van der Waals surface area contributed by atoms with Crippen LogP contribution in [0, 0.1) is 0 Å². The van der Waals surface area contributed by atoms with Crippen LogP contribution in [0.3, 0.4) is 0 Å². The standard InChI is InChI=1S/C15H29NO2S/c1-3-5-6-7-8-11-14(16-4-2)15-12-9-10-13-19(15,17)18/h3,14-16H,1,4-13H2,2H3. The minimum atomic E-state index is -2.87. The van der Waals surface area contributed by atoms with Crippen molar-refractivity contribution in [1.29, 1.82) is 0 Å². The van der Waals surface area contributed by atoms with Crippen LogP contribution in [-0.4, -0.2) is 32.0 Å². The monoisotopic (exact) mass is 287 g/mol. The highest BCUT2D eigenvalue weighted by Gasteiger charge is 2.34. The summed E-state index contributed by atoms with van der Waals surface area (Å²) in [4.78, 5) is 0. The van der Waals surface area contributed by atoms with Crippen molar-refractivity contribution < 1.29 is 8.42 Å². The molecule has 0 bridgehead atoms. The van der Waals surface area contributed by atoms with Crippen LogP contribution < -0.4 is 5.32 Å². The fourth-order valence-electron chi connectivity index (χ4n) is 2.94. The van der Waals surface area contributed by atoms with Crippen molar-refractivity contribution in [2.24, 2.45) is 0 Å². The van der Waals surface area contributed by atoms with Crippen LogP contribution in [0.4, 0.5) is 0 Å². The second-order valence-corrected chi connectivity index (χ2v) is 7.83. The summed E-state index contributed by atoms with van der Waals surface area (Å²) >= 11 is 0. The van der Waals surface area contributed by atoms with E-state index in [2.05, 4.69) is 18.8 Å². The van der Waals surface area contributed by atoms with E-state index in [0.717, 1.165) is 45.1 Å². The molecule has 0 spiro atoms. The van der Waals surface area contributed by atoms with Gasteiger partial charge in [0.15, 0.2) is 9.84 Å². The van der Waals surface area contributed by atoms with Crippen molar-refractivity contribution in [3.8, 4) is 0 Å². The van der Waals surface area contributed by atoms with Gasteiger partial charge in [-0.2, -0.15) is 0 Å². The molecule has 0 saturated carbocycles. The van der Waals surface area contributed by atoms with Gasteiger partial charge in [0.25, 0.3) is 0 Å². The van der Waals surface area contributed by atoms with Crippen molar-refractivity contribution >= 4 is 9.84 Å². The second kappa shape index (κ2) is 8.75. The van der Waals surface area contributed by atoms with Crippen LogP contribution in [-0.2, 0) is 9.84 Å². The van der Waals surface area contributed by atoms with Crippen molar-refractivity contribution in [2.75, 3.05) is 12.3 Å². The van der Waals surface area contributed by atoms with Crippen LogP contribution in [0.1, 0.15) is 58.3 Å². The molecule has 1 aliphatic rings. The van der Waals surface area contributed by atoms with Gasteiger partial charge >= 0.3 is 0 Å². The van der Waals surface area contributed by atoms with Crippen LogP contribution >= 0.6 is 0 Å². The molecule has 4 heteroatoms. The molecule has 3 nitrogen and oxygen atoms in total. The fraction of sp³-hybridized carbons (Fsp3) is 0.867. The quantitative estimate of drug-likeness (QED) is 0.523. The summed E-state index contributed by atoms with van der Waals surface area (Å²) in [5, 5.41) is 3.25. The van der Waals surface area contributed by atoms with E-state index in [9.17, 15) is 8.42 Å². The lowest BCUT2D eigenvalue weighted by molar-refractivity contribution is 0.410. The Morgan fingerprint density at radius 1 is 1.32 bits per heavy atom. The summed E-state index contributed by atoms with van der Waals surface area (Å²) in [6.45, 7) is 6.63. The Morgan fingerprint density at radius 3 is 2.74 bits per heavy atom. The molecule has 0 aromatic heterocycles. The van der Waals surface area contributed by atoms with E-state index in [-0.39, 0.29) is 11.3 Å². The normalized spacial score (nSPS) is 23.9. The number of allylic oxidation sites excluding steroid dienone is 1. The number of hydrogen-bond acceptors (Lipinski definition) is 3. The van der Waals surface area contributed by atoms with E-state index in [4.69, 9.17) is 0 Å². The predicted octanol–water partition coefficient (Wildman–Crippen LogP) is 3.07. The first-order valence-corrected chi connectivity index (χ1v) is 9.39. The van der Waals surface area contributed by atoms with Crippen molar-refractivity contribution in [2.45, 2.75) is 69.6 Å². The molecule has 19 heavy (non-hydrogen) atoms. The molecule has 0 radical (unpaired) electrons. The van der Waals surface area contributed by atoms with Gasteiger partial charge in [0.2, 0.25) is 0 Å². The van der Waals surface area contributed by atoms with Crippen LogP contribution in [0.15, 0.2) is 12.7 Å². The summed E-state index contributed by atoms with van der Waals surface area (Å²) in [6.07, 6.45) is 10.2. The SMILES string of the molecule is C=CCCCCCC(NCC)C1CCCCS1(=O)=O. The average Bonchev–Trinajstić information content (AvgIpc) is 2.37. The van der Waals surface area contributed by atoms with Gasteiger partial charge in [-0.05, 0) is 38.6 Å². The van der Waals surface area contributed by atoms with Crippen LogP contribution in [0.2, 0.25) is 0 Å². The minimum absolute atomic E-state index is 0.152. The highest BCUT2D eigenvalue weighted by atomic mass is 32.2. The molecule has 0 aliphatic carbocycles. The zero-order chi connectivity index (χ0) is 14.1. The molecule has 2 unspecified atom stereocenters. The lowest BCUT2D eigenvalue weighted by Crippen LogP contribution is -2.46. The molecule has 1 saturated heterocycles. The Hall–Kier alpha value is -0.350. The molecular weight excluding hydrogens is 258 g/mol. The molecule has 0 aromatic rings. The number of sulfone groups is 1. The van der Waals surface area contributed by atoms with Gasteiger partial charge in [-0.25, -0.2) is 8.42 Å². The Labute approximate surface area is 118 Å². The minimum Gasteiger partial charge on any atom is -0.313 e. The zero-order valence-corrected chi connectivity index (χ0v) is 13.1. The van der Waals surface area contributed by atoms with Gasteiger partial charge < -0.3 is 5.32 Å². The summed E-state index contributed by atoms with van der Waals surface area (Å²) in [6, 6.07) is 0.152. The first kappa shape index (κ1) is 16.7. The summed E-state index contributed by atoms with van der Waals surface area (Å²) < 4.78 is 24.4. The number of nitrogens with one attached hydrogen (secondary N) is 1. The Morgan fingerprint density at radius 2 is 2.11 bits per heavy atom. The molecule has 0 aromatic carbocycles. The molecule has 1 heterocycles. The molecule has 1 rings (SSSR count). The van der Waals surface area contributed by atoms with Crippen LogP contribution in [0.5, 0.6) is 0 Å². The zero-order valence-electron chi connectivity index (χ0n) is 12.2. The van der Waals surface area contributed by atoms with Gasteiger partial charge in [-0.3, -0.25) is 0 Å². The molecular formula is C15H29NO2S. The molecule has 0 amide bonds. The van der Waals surface area contributed by atoms with Gasteiger partial charge in [0.1, 0.15) is 0 Å². The average molecular weight is 287 g/mol. The smallest absolute Gasteiger partial charge is 0.154 e. The molecule has 112 valence electrons. The maximum Gasteiger partial charge on any atom is 0.154 e. The highest BCUT2D eigenvalue weighted by Crippen LogP contribution is 2.25. The molecule has 1 aliphatic heterocycles. The van der Waals surface area contributed by atoms with E-state index < -0.39 is 9.84 Å². The summed E-state index contributed by atoms with van der Waals surface area (Å²) in [5.74, 6) is 0.385. The fourth-order valence-corrected chi connectivity index (χ4v) is 5.11. The van der Waals surface area contributed by atoms with Crippen LogP contribution in [0.25, 0.3) is 0 Å². The molecule has 2 atom stereocenters. The van der Waals surface area contributed by atoms with Crippen molar-refractivity contribution in [3.05, 3.63) is 12.7 Å². The van der Waals surface area contributed by atoms with Gasteiger partial charge in [-0.15, -0.1) is 6.58 Å².